The molecule has 1 aliphatic rings. The normalized spacial score (nSPS) is 13.9. The Morgan fingerprint density at radius 2 is 1.68 bits per heavy atom. The molecular formula is C30H34N6O. The van der Waals surface area contributed by atoms with Gasteiger partial charge in [-0.05, 0) is 87.3 Å². The summed E-state index contributed by atoms with van der Waals surface area (Å²) in [6, 6.07) is 15.6. The second kappa shape index (κ2) is 12.4. The maximum absolute atomic E-state index is 12.6. The minimum Gasteiger partial charge on any atom is -0.384 e. The highest BCUT2D eigenvalue weighted by atomic mass is 16.1. The largest absolute Gasteiger partial charge is 0.384 e. The van der Waals surface area contributed by atoms with Crippen LogP contribution in [0.5, 0.6) is 0 Å². The summed E-state index contributed by atoms with van der Waals surface area (Å²) in [5.74, 6) is -0.0748. The minimum absolute atomic E-state index is 0.0748. The molecule has 3 aromatic heterocycles. The van der Waals surface area contributed by atoms with Crippen molar-refractivity contribution in [2.24, 2.45) is 0 Å². The number of nitrogens with one attached hydrogen (secondary N) is 2. The lowest BCUT2D eigenvalue weighted by atomic mass is 10.1. The van der Waals surface area contributed by atoms with Gasteiger partial charge < -0.3 is 15.5 Å². The Kier molecular flexibility index (Phi) is 8.33. The summed E-state index contributed by atoms with van der Waals surface area (Å²) in [5, 5.41) is 7.65. The smallest absolute Gasteiger partial charge is 0.251 e. The van der Waals surface area contributed by atoms with Crippen LogP contribution >= 0.6 is 0 Å². The van der Waals surface area contributed by atoms with E-state index in [2.05, 4.69) is 31.6 Å². The molecule has 1 fully saturated rings. The van der Waals surface area contributed by atoms with E-state index in [-0.39, 0.29) is 5.91 Å². The zero-order valence-corrected chi connectivity index (χ0v) is 21.2. The van der Waals surface area contributed by atoms with Gasteiger partial charge in [-0.1, -0.05) is 18.6 Å². The Hall–Kier alpha value is -3.84. The van der Waals surface area contributed by atoms with Gasteiger partial charge in [0.15, 0.2) is 0 Å². The highest BCUT2D eigenvalue weighted by molar-refractivity contribution is 5.95. The standard InChI is InChI=1S/C30H34N6O/c37-30(34-17-11-23-9-14-31-15-10-23)25-7-5-24(6-8-25)28-21-29(26-22-32-16-12-27(26)35-28)33-13-4-20-36-18-2-1-3-19-36/h5-10,12,14-16,21-22H,1-4,11,13,17-20H2,(H,33,35)(H,34,37). The number of aromatic nitrogens is 3. The molecule has 37 heavy (non-hydrogen) atoms. The van der Waals surface area contributed by atoms with Crippen LogP contribution in [-0.2, 0) is 6.42 Å². The monoisotopic (exact) mass is 494 g/mol. The van der Waals surface area contributed by atoms with Gasteiger partial charge in [0, 0.05) is 60.1 Å². The van der Waals surface area contributed by atoms with Crippen LogP contribution in [0.1, 0.15) is 41.6 Å². The SMILES string of the molecule is O=C(NCCc1ccncc1)c1ccc(-c2cc(NCCCN3CCCCC3)c3cnccc3n2)cc1. The average Bonchev–Trinajstić information content (AvgIpc) is 2.96. The lowest BCUT2D eigenvalue weighted by molar-refractivity contribution is 0.0954. The van der Waals surface area contributed by atoms with Crippen molar-refractivity contribution in [1.29, 1.82) is 0 Å². The summed E-state index contributed by atoms with van der Waals surface area (Å²) < 4.78 is 0. The Bertz CT molecular complexity index is 1300. The number of hydrogen-bond acceptors (Lipinski definition) is 6. The molecule has 7 nitrogen and oxygen atoms in total. The van der Waals surface area contributed by atoms with E-state index in [4.69, 9.17) is 4.98 Å². The molecule has 7 heteroatoms. The quantitative estimate of drug-likeness (QED) is 0.304. The van der Waals surface area contributed by atoms with E-state index in [9.17, 15) is 4.79 Å². The van der Waals surface area contributed by atoms with Crippen LogP contribution in [0.4, 0.5) is 5.69 Å². The third-order valence-electron chi connectivity index (χ3n) is 6.92. The van der Waals surface area contributed by atoms with Crippen molar-refractivity contribution in [3.05, 3.63) is 84.4 Å². The number of fused-ring (bicyclic) bond motifs is 1. The van der Waals surface area contributed by atoms with E-state index in [0.717, 1.165) is 59.3 Å². The van der Waals surface area contributed by atoms with Gasteiger partial charge in [0.25, 0.3) is 5.91 Å². The van der Waals surface area contributed by atoms with Crippen LogP contribution in [-0.4, -0.2) is 58.5 Å². The number of rotatable bonds is 10. The van der Waals surface area contributed by atoms with E-state index in [1.54, 1.807) is 18.6 Å². The molecule has 0 aliphatic carbocycles. The van der Waals surface area contributed by atoms with E-state index in [0.29, 0.717) is 12.1 Å². The molecule has 5 rings (SSSR count). The number of carbonyl (C=O) groups is 1. The number of pyridine rings is 3. The Morgan fingerprint density at radius 3 is 2.49 bits per heavy atom. The average molecular weight is 495 g/mol. The second-order valence-electron chi connectivity index (χ2n) is 9.57. The van der Waals surface area contributed by atoms with E-state index < -0.39 is 0 Å². The highest BCUT2D eigenvalue weighted by Gasteiger charge is 2.12. The van der Waals surface area contributed by atoms with Crippen LogP contribution in [0.3, 0.4) is 0 Å². The van der Waals surface area contributed by atoms with Crippen molar-refractivity contribution in [1.82, 2.24) is 25.2 Å². The first-order chi connectivity index (χ1) is 18.3. The lowest BCUT2D eigenvalue weighted by Gasteiger charge is -2.26. The first kappa shape index (κ1) is 24.8. The fourth-order valence-electron chi connectivity index (χ4n) is 4.84. The maximum atomic E-state index is 12.6. The molecule has 1 aliphatic heterocycles. The fraction of sp³-hybridized carbons (Fsp3) is 0.333. The van der Waals surface area contributed by atoms with Gasteiger partial charge in [0.1, 0.15) is 0 Å². The van der Waals surface area contributed by atoms with Crippen molar-refractivity contribution in [2.45, 2.75) is 32.1 Å². The fourth-order valence-corrected chi connectivity index (χ4v) is 4.84. The van der Waals surface area contributed by atoms with Crippen LogP contribution < -0.4 is 10.6 Å². The molecule has 4 aromatic rings. The zero-order valence-electron chi connectivity index (χ0n) is 21.2. The number of amides is 1. The summed E-state index contributed by atoms with van der Waals surface area (Å²) in [4.78, 5) is 28.4. The number of piperidine rings is 1. The molecule has 4 heterocycles. The minimum atomic E-state index is -0.0748. The lowest BCUT2D eigenvalue weighted by Crippen LogP contribution is -2.31. The molecule has 1 amide bonds. The molecule has 1 saturated heterocycles. The number of anilines is 1. The first-order valence-corrected chi connectivity index (χ1v) is 13.2. The molecule has 190 valence electrons. The Labute approximate surface area is 218 Å². The van der Waals surface area contributed by atoms with Gasteiger partial charge in [-0.25, -0.2) is 4.98 Å². The molecule has 2 N–H and O–H groups in total. The second-order valence-corrected chi connectivity index (χ2v) is 9.57. The number of hydrogen-bond donors (Lipinski definition) is 2. The molecule has 0 radical (unpaired) electrons. The Morgan fingerprint density at radius 1 is 0.892 bits per heavy atom. The van der Waals surface area contributed by atoms with Gasteiger partial charge in [-0.2, -0.15) is 0 Å². The summed E-state index contributed by atoms with van der Waals surface area (Å²) >= 11 is 0. The summed E-state index contributed by atoms with van der Waals surface area (Å²) in [6.45, 7) is 5.07. The summed E-state index contributed by atoms with van der Waals surface area (Å²) in [5.41, 5.74) is 5.59. The molecule has 0 unspecified atom stereocenters. The van der Waals surface area contributed by atoms with Gasteiger partial charge >= 0.3 is 0 Å². The first-order valence-electron chi connectivity index (χ1n) is 13.2. The van der Waals surface area contributed by atoms with Crippen molar-refractivity contribution in [3.63, 3.8) is 0 Å². The third-order valence-corrected chi connectivity index (χ3v) is 6.92. The van der Waals surface area contributed by atoms with Crippen molar-refractivity contribution < 1.29 is 4.79 Å². The van der Waals surface area contributed by atoms with Crippen molar-refractivity contribution >= 4 is 22.5 Å². The van der Waals surface area contributed by atoms with E-state index in [1.165, 1.54) is 32.4 Å². The molecule has 0 saturated carbocycles. The van der Waals surface area contributed by atoms with Gasteiger partial charge in [0.05, 0.1) is 11.2 Å². The number of carbonyl (C=O) groups excluding carboxylic acids is 1. The number of likely N-dealkylation sites (tertiary alicyclic amines) is 1. The topological polar surface area (TPSA) is 83.0 Å². The molecule has 0 spiro atoms. The van der Waals surface area contributed by atoms with Crippen LogP contribution in [0.15, 0.2) is 73.3 Å². The number of nitrogens with zero attached hydrogens (tertiary/aromatic N) is 4. The molecule has 0 bridgehead atoms. The molecule has 1 aromatic carbocycles. The zero-order chi connectivity index (χ0) is 25.3. The molecular weight excluding hydrogens is 460 g/mol. The van der Waals surface area contributed by atoms with E-state index in [1.807, 2.05) is 48.7 Å². The van der Waals surface area contributed by atoms with Crippen LogP contribution in [0, 0.1) is 0 Å². The van der Waals surface area contributed by atoms with Gasteiger partial charge in [-0.3, -0.25) is 14.8 Å². The summed E-state index contributed by atoms with van der Waals surface area (Å²) in [6.07, 6.45) is 13.1. The van der Waals surface area contributed by atoms with Crippen LogP contribution in [0.25, 0.3) is 22.2 Å². The van der Waals surface area contributed by atoms with Crippen molar-refractivity contribution in [2.75, 3.05) is 38.0 Å². The summed E-state index contributed by atoms with van der Waals surface area (Å²) in [7, 11) is 0. The maximum Gasteiger partial charge on any atom is 0.251 e. The Balaban J connectivity index is 1.23. The predicted molar refractivity (Wildman–Crippen MR) is 149 cm³/mol. The number of benzene rings is 1. The van der Waals surface area contributed by atoms with E-state index >= 15 is 0 Å². The predicted octanol–water partition coefficient (Wildman–Crippen LogP) is 4.95. The third kappa shape index (κ3) is 6.68. The molecule has 0 atom stereocenters. The highest BCUT2D eigenvalue weighted by Crippen LogP contribution is 2.28. The van der Waals surface area contributed by atoms with Gasteiger partial charge in [-0.15, -0.1) is 0 Å². The van der Waals surface area contributed by atoms with Crippen LogP contribution in [0.2, 0.25) is 0 Å². The van der Waals surface area contributed by atoms with Crippen molar-refractivity contribution in [3.8, 4) is 11.3 Å². The van der Waals surface area contributed by atoms with Gasteiger partial charge in [0.2, 0.25) is 0 Å².